The third kappa shape index (κ3) is 4.26. The Morgan fingerprint density at radius 2 is 1.69 bits per heavy atom. The molecule has 2 atom stereocenters. The topological polar surface area (TPSA) is 82.3 Å². The summed E-state index contributed by atoms with van der Waals surface area (Å²) in [5, 5.41) is 4.46. The second kappa shape index (κ2) is 9.14. The second-order valence-corrected chi connectivity index (χ2v) is 8.90. The van der Waals surface area contributed by atoms with Gasteiger partial charge in [-0.3, -0.25) is 0 Å². The van der Waals surface area contributed by atoms with Gasteiger partial charge in [0.1, 0.15) is 11.6 Å². The average molecular weight is 449 g/mol. The molecule has 2 aromatic heterocycles. The molecule has 0 aliphatic heterocycles. The number of hydrogen-bond acceptors (Lipinski definition) is 7. The van der Waals surface area contributed by atoms with Crippen LogP contribution in [0.15, 0.2) is 48.5 Å². The molecule has 0 fully saturated rings. The van der Waals surface area contributed by atoms with Crippen LogP contribution in [0.5, 0.6) is 11.5 Å². The number of aryl methyl sites for hydroxylation is 1. The maximum Gasteiger partial charge on any atom is 0.162 e. The highest BCUT2D eigenvalue weighted by Gasteiger charge is 2.17. The van der Waals surface area contributed by atoms with Crippen LogP contribution >= 0.6 is 11.3 Å². The summed E-state index contributed by atoms with van der Waals surface area (Å²) < 4.78 is 10.9. The van der Waals surface area contributed by atoms with Gasteiger partial charge >= 0.3 is 0 Å². The zero-order valence-corrected chi connectivity index (χ0v) is 19.8. The molecule has 0 saturated carbocycles. The molecule has 2 aromatic carbocycles. The van der Waals surface area contributed by atoms with Crippen molar-refractivity contribution in [2.45, 2.75) is 32.9 Å². The van der Waals surface area contributed by atoms with Gasteiger partial charge in [-0.25, -0.2) is 9.97 Å². The Morgan fingerprint density at radius 3 is 2.41 bits per heavy atom. The van der Waals surface area contributed by atoms with E-state index in [4.69, 9.17) is 15.2 Å². The Morgan fingerprint density at radius 1 is 0.969 bits per heavy atom. The molecule has 2 heterocycles. The van der Waals surface area contributed by atoms with Crippen molar-refractivity contribution in [1.82, 2.24) is 9.97 Å². The molecule has 2 unspecified atom stereocenters. The van der Waals surface area contributed by atoms with Crippen molar-refractivity contribution in [2.75, 3.05) is 19.5 Å². The third-order valence-electron chi connectivity index (χ3n) is 5.44. The van der Waals surface area contributed by atoms with Crippen LogP contribution in [-0.2, 0) is 0 Å². The predicted molar refractivity (Wildman–Crippen MR) is 132 cm³/mol. The molecule has 0 aliphatic rings. The molecule has 0 saturated heterocycles. The highest BCUT2D eigenvalue weighted by atomic mass is 32.1. The van der Waals surface area contributed by atoms with Crippen molar-refractivity contribution < 1.29 is 9.47 Å². The summed E-state index contributed by atoms with van der Waals surface area (Å²) in [5.41, 5.74) is 9.34. The van der Waals surface area contributed by atoms with E-state index >= 15 is 0 Å². The summed E-state index contributed by atoms with van der Waals surface area (Å²) in [6.07, 6.45) is 0. The first-order valence-electron chi connectivity index (χ1n) is 10.5. The summed E-state index contributed by atoms with van der Waals surface area (Å²) >= 11 is 1.76. The first-order valence-corrected chi connectivity index (χ1v) is 11.3. The third-order valence-corrected chi connectivity index (χ3v) is 6.74. The van der Waals surface area contributed by atoms with E-state index in [-0.39, 0.29) is 12.1 Å². The van der Waals surface area contributed by atoms with Crippen LogP contribution < -0.4 is 20.5 Å². The van der Waals surface area contributed by atoms with Crippen molar-refractivity contribution in [3.63, 3.8) is 0 Å². The Balaban J connectivity index is 1.67. The number of fused-ring (bicyclic) bond motifs is 1. The van der Waals surface area contributed by atoms with Crippen LogP contribution in [-0.4, -0.2) is 24.2 Å². The number of aromatic nitrogens is 2. The molecule has 6 nitrogen and oxygen atoms in total. The largest absolute Gasteiger partial charge is 0.493 e. The fraction of sp³-hybridized carbons (Fsp3) is 0.280. The van der Waals surface area contributed by atoms with E-state index in [2.05, 4.69) is 52.5 Å². The quantitative estimate of drug-likeness (QED) is 0.368. The van der Waals surface area contributed by atoms with Crippen LogP contribution in [0.1, 0.15) is 42.2 Å². The summed E-state index contributed by atoms with van der Waals surface area (Å²) in [7, 11) is 3.25. The lowest BCUT2D eigenvalue weighted by Gasteiger charge is -2.17. The minimum atomic E-state index is -0.0189. The maximum absolute atomic E-state index is 6.19. The molecule has 0 radical (unpaired) electrons. The zero-order valence-electron chi connectivity index (χ0n) is 19.0. The normalized spacial score (nSPS) is 13.1. The molecule has 4 aromatic rings. The zero-order chi connectivity index (χ0) is 22.8. The van der Waals surface area contributed by atoms with Gasteiger partial charge < -0.3 is 20.5 Å². The number of hydrogen-bond donors (Lipinski definition) is 2. The van der Waals surface area contributed by atoms with Crippen LogP contribution in [0, 0.1) is 6.92 Å². The molecule has 32 heavy (non-hydrogen) atoms. The molecule has 0 spiro atoms. The molecule has 4 rings (SSSR count). The maximum atomic E-state index is 6.19. The molecule has 3 N–H and O–H groups in total. The number of benzene rings is 2. The second-order valence-electron chi connectivity index (χ2n) is 7.79. The van der Waals surface area contributed by atoms with Crippen LogP contribution in [0.3, 0.4) is 0 Å². The van der Waals surface area contributed by atoms with Gasteiger partial charge in [-0.05, 0) is 50.1 Å². The number of nitrogens with zero attached hydrogens (tertiary/aromatic N) is 2. The van der Waals surface area contributed by atoms with Crippen molar-refractivity contribution in [1.29, 1.82) is 0 Å². The number of nitrogens with one attached hydrogen (secondary N) is 1. The molecule has 166 valence electrons. The van der Waals surface area contributed by atoms with E-state index in [1.807, 2.05) is 32.0 Å². The summed E-state index contributed by atoms with van der Waals surface area (Å²) in [6, 6.07) is 16.5. The van der Waals surface area contributed by atoms with E-state index in [9.17, 15) is 0 Å². The van der Waals surface area contributed by atoms with E-state index in [0.29, 0.717) is 17.3 Å². The van der Waals surface area contributed by atoms with Crippen LogP contribution in [0.2, 0.25) is 0 Å². The Hall–Kier alpha value is -3.16. The Bertz CT molecular complexity index is 1250. The van der Waals surface area contributed by atoms with Gasteiger partial charge in [0.25, 0.3) is 0 Å². The molecule has 7 heteroatoms. The van der Waals surface area contributed by atoms with E-state index in [1.54, 1.807) is 25.6 Å². The monoisotopic (exact) mass is 448 g/mol. The van der Waals surface area contributed by atoms with Gasteiger partial charge in [0, 0.05) is 27.2 Å². The lowest BCUT2D eigenvalue weighted by molar-refractivity contribution is 0.356. The SMILES string of the molecule is COc1cc2nc(C)nc(NC(C)c3ccc(-c4ccccc4C(C)N)s3)c2cc1OC. The first kappa shape index (κ1) is 22.0. The summed E-state index contributed by atoms with van der Waals surface area (Å²) in [6.45, 7) is 6.04. The summed E-state index contributed by atoms with van der Waals surface area (Å²) in [5.74, 6) is 2.76. The molecular weight excluding hydrogens is 420 g/mol. The average Bonchev–Trinajstić information content (AvgIpc) is 3.28. The number of rotatable bonds is 7. The number of methoxy groups -OCH3 is 2. The Kier molecular flexibility index (Phi) is 6.30. The fourth-order valence-corrected chi connectivity index (χ4v) is 4.86. The smallest absolute Gasteiger partial charge is 0.162 e. The minimum absolute atomic E-state index is 0.0189. The minimum Gasteiger partial charge on any atom is -0.493 e. The molecule has 0 bridgehead atoms. The van der Waals surface area contributed by atoms with Gasteiger partial charge in [-0.15, -0.1) is 11.3 Å². The van der Waals surface area contributed by atoms with Crippen molar-refractivity contribution in [3.8, 4) is 21.9 Å². The number of nitrogens with two attached hydrogens (primary N) is 1. The number of ether oxygens (including phenoxy) is 2. The molecular formula is C25H28N4O2S. The summed E-state index contributed by atoms with van der Waals surface area (Å²) in [4.78, 5) is 11.7. The van der Waals surface area contributed by atoms with Gasteiger partial charge in [0.05, 0.1) is 25.8 Å². The number of anilines is 1. The van der Waals surface area contributed by atoms with Crippen LogP contribution in [0.4, 0.5) is 5.82 Å². The van der Waals surface area contributed by atoms with Crippen molar-refractivity contribution in [3.05, 3.63) is 64.8 Å². The number of thiophene rings is 1. The van der Waals surface area contributed by atoms with E-state index < -0.39 is 0 Å². The van der Waals surface area contributed by atoms with E-state index in [1.165, 1.54) is 15.3 Å². The predicted octanol–water partition coefficient (Wildman–Crippen LogP) is 5.88. The molecule has 0 amide bonds. The highest BCUT2D eigenvalue weighted by Crippen LogP contribution is 2.38. The first-order chi connectivity index (χ1) is 15.4. The highest BCUT2D eigenvalue weighted by molar-refractivity contribution is 7.15. The van der Waals surface area contributed by atoms with Crippen LogP contribution in [0.25, 0.3) is 21.3 Å². The molecule has 0 aliphatic carbocycles. The Labute approximate surface area is 192 Å². The van der Waals surface area contributed by atoms with E-state index in [0.717, 1.165) is 22.3 Å². The lowest BCUT2D eigenvalue weighted by atomic mass is 10.0. The van der Waals surface area contributed by atoms with Crippen molar-refractivity contribution in [2.24, 2.45) is 5.73 Å². The van der Waals surface area contributed by atoms with Gasteiger partial charge in [-0.1, -0.05) is 24.3 Å². The van der Waals surface area contributed by atoms with Gasteiger partial charge in [0.2, 0.25) is 0 Å². The standard InChI is InChI=1S/C25H28N4O2S/c1-14(26)17-8-6-7-9-18(17)24-11-10-23(32-24)15(2)27-25-19-12-21(30-4)22(31-5)13-20(19)28-16(3)29-25/h6-15H,26H2,1-5H3,(H,27,28,29). The lowest BCUT2D eigenvalue weighted by Crippen LogP contribution is -2.08. The fourth-order valence-electron chi connectivity index (χ4n) is 3.81. The van der Waals surface area contributed by atoms with Crippen molar-refractivity contribution >= 4 is 28.1 Å². The van der Waals surface area contributed by atoms with Gasteiger partial charge in [0.15, 0.2) is 11.5 Å². The van der Waals surface area contributed by atoms with Gasteiger partial charge in [-0.2, -0.15) is 0 Å².